The van der Waals surface area contributed by atoms with E-state index in [0.717, 1.165) is 24.7 Å². The van der Waals surface area contributed by atoms with E-state index >= 15 is 0 Å². The van der Waals surface area contributed by atoms with Crippen molar-refractivity contribution in [1.82, 2.24) is 24.9 Å². The van der Waals surface area contributed by atoms with Crippen molar-refractivity contribution in [2.75, 3.05) is 43.8 Å². The van der Waals surface area contributed by atoms with Crippen LogP contribution in [0.15, 0.2) is 70.2 Å². The molecule has 2 aliphatic heterocycles. The van der Waals surface area contributed by atoms with Crippen molar-refractivity contribution in [3.8, 4) is 0 Å². The number of benzene rings is 2. The summed E-state index contributed by atoms with van der Waals surface area (Å²) in [6, 6.07) is 7.69. The smallest absolute Gasteiger partial charge is 1.00 e. The maximum absolute atomic E-state index is 12.7. The fourth-order valence-corrected chi connectivity index (χ4v) is 7.71. The largest absolute Gasteiger partial charge is 1.00 e. The summed E-state index contributed by atoms with van der Waals surface area (Å²) in [4.78, 5) is 30.6. The normalized spacial score (nSPS) is 16.0. The number of carbonyl (C=O) groups is 2. The van der Waals surface area contributed by atoms with Crippen molar-refractivity contribution in [3.05, 3.63) is 45.3 Å². The van der Waals surface area contributed by atoms with E-state index < -0.39 is 32.1 Å². The zero-order valence-corrected chi connectivity index (χ0v) is 44.0. The van der Waals surface area contributed by atoms with E-state index in [1.807, 2.05) is 20.8 Å². The number of amides is 1. The molecule has 1 saturated heterocycles. The molecule has 18 nitrogen and oxygen atoms in total. The van der Waals surface area contributed by atoms with Crippen LogP contribution in [0.5, 0.6) is 0 Å². The third-order valence-electron chi connectivity index (χ3n) is 7.08. The van der Waals surface area contributed by atoms with E-state index in [0.29, 0.717) is 42.3 Å². The molecule has 4 rings (SSSR count). The van der Waals surface area contributed by atoms with Gasteiger partial charge in [-0.25, -0.2) is 36.7 Å². The van der Waals surface area contributed by atoms with E-state index in [2.05, 4.69) is 80.6 Å². The molecule has 314 valence electrons. The third kappa shape index (κ3) is 18.3. The molecule has 27 heteroatoms. The van der Waals surface area contributed by atoms with Crippen LogP contribution in [-0.2, 0) is 34.5 Å². The van der Waals surface area contributed by atoms with Crippen LogP contribution >= 0.6 is 31.9 Å². The van der Waals surface area contributed by atoms with Crippen molar-refractivity contribution in [1.29, 1.82) is 0 Å². The molecular weight excluding hydrogens is 1000 g/mol. The Morgan fingerprint density at radius 1 is 0.983 bits per heavy atom. The first-order chi connectivity index (χ1) is 25.8. The van der Waals surface area contributed by atoms with Gasteiger partial charge in [0.25, 0.3) is 26.5 Å². The summed E-state index contributed by atoms with van der Waals surface area (Å²) < 4.78 is 93.2. The second kappa shape index (κ2) is 24.8. The molecule has 58 heavy (non-hydrogen) atoms. The molecule has 2 aromatic carbocycles. The summed E-state index contributed by atoms with van der Waals surface area (Å²) in [5.41, 5.74) is 8.92. The Labute approximate surface area is 438 Å². The number of hydrogen-bond acceptors (Lipinski definition) is 13. The predicted octanol–water partition coefficient (Wildman–Crippen LogP) is -2.98. The van der Waals surface area contributed by atoms with Crippen LogP contribution in [0, 0.1) is 10.8 Å². The molecule has 2 aromatic rings. The van der Waals surface area contributed by atoms with Crippen molar-refractivity contribution in [3.63, 3.8) is 0 Å². The number of halogens is 5. The van der Waals surface area contributed by atoms with E-state index in [4.69, 9.17) is 15.8 Å². The number of nitrogens with two attached hydrogens (primary N) is 1. The Kier molecular flexibility index (Phi) is 24.4. The van der Waals surface area contributed by atoms with Crippen LogP contribution in [0.2, 0.25) is 0 Å². The molecular formula is C31H43Br2F3K2N10O8S2. The van der Waals surface area contributed by atoms with Gasteiger partial charge in [0.15, 0.2) is 0 Å². The molecule has 0 saturated carbocycles. The standard InChI is InChI=1S/C16H19BrF3N5O3S.C14H22BrN5O2S.CH2O3.2K.H/c1-4-21-14(25-9-15(2,3)8-22-25)24-29(27,28)10-5-6-12(11(17)7-10)23-13(26)16(18,19)20;1-4-17-13(20-9-14(2,3)8-18-20)19-23(21,22)10-5-6-12(16)11(15)7-10;2-1-4-3;;;/h5-8H,4,9H2,1-3H3,(H,21,24)(H,23,26);5-7,18H,4,8-9,16H2,1-3H3,(H,17,19);1,3H;;;/q;;;2*+1;-1/p-1. The van der Waals surface area contributed by atoms with Gasteiger partial charge >= 0.3 is 115 Å². The second-order valence-corrected chi connectivity index (χ2v) is 18.2. The number of rotatable bonds is 8. The molecule has 0 atom stereocenters. The first-order valence-corrected chi connectivity index (χ1v) is 20.8. The molecule has 0 radical (unpaired) electrons. The number of anilines is 2. The van der Waals surface area contributed by atoms with Gasteiger partial charge in [0.05, 0.1) is 22.0 Å². The van der Waals surface area contributed by atoms with Crippen molar-refractivity contribution in [2.24, 2.45) is 25.9 Å². The van der Waals surface area contributed by atoms with Crippen LogP contribution in [0.25, 0.3) is 0 Å². The molecule has 0 bridgehead atoms. The summed E-state index contributed by atoms with van der Waals surface area (Å²) in [5, 5.41) is 17.4. The predicted molar refractivity (Wildman–Crippen MR) is 210 cm³/mol. The van der Waals surface area contributed by atoms with Crippen LogP contribution in [0.4, 0.5) is 24.5 Å². The number of hydrazine groups is 1. The summed E-state index contributed by atoms with van der Waals surface area (Å²) in [5.74, 6) is -1.84. The first kappa shape index (κ1) is 57.2. The number of sulfonamides is 2. The maximum Gasteiger partial charge on any atom is 1.00 e. The number of hydrazone groups is 1. The average molecular weight is 1040 g/mol. The van der Waals surface area contributed by atoms with Crippen LogP contribution in [-0.4, -0.2) is 96.3 Å². The minimum absolute atomic E-state index is 0. The molecule has 6 N–H and O–H groups in total. The number of guanidine groups is 2. The molecule has 0 aromatic heterocycles. The maximum atomic E-state index is 12.7. The van der Waals surface area contributed by atoms with Gasteiger partial charge in [-0.2, -0.15) is 18.3 Å². The number of hydrogen-bond donors (Lipinski definition) is 5. The molecule has 0 aliphatic carbocycles. The van der Waals surface area contributed by atoms with E-state index in [9.17, 15) is 34.8 Å². The summed E-state index contributed by atoms with van der Waals surface area (Å²) in [6.45, 7) is 14.1. The van der Waals surface area contributed by atoms with Gasteiger partial charge in [0.2, 0.25) is 11.9 Å². The molecule has 2 aliphatic rings. The number of nitrogens with zero attached hydrogens (tertiary/aromatic N) is 5. The monoisotopic (exact) mass is 1040 g/mol. The van der Waals surface area contributed by atoms with Gasteiger partial charge in [-0.1, -0.05) is 27.7 Å². The average Bonchev–Trinajstić information content (AvgIpc) is 3.66. The number of aliphatic imine (C=N–C) groups is 2. The Balaban J connectivity index is 0. The Morgan fingerprint density at radius 2 is 1.48 bits per heavy atom. The van der Waals surface area contributed by atoms with Crippen molar-refractivity contribution in [2.45, 2.75) is 57.5 Å². The zero-order chi connectivity index (χ0) is 42.7. The molecule has 1 amide bonds. The van der Waals surface area contributed by atoms with Crippen LogP contribution in [0.1, 0.15) is 43.0 Å². The second-order valence-electron chi connectivity index (χ2n) is 13.2. The van der Waals surface area contributed by atoms with E-state index in [1.54, 1.807) is 29.5 Å². The third-order valence-corrected chi connectivity index (χ3v) is 11.1. The molecule has 0 unspecified atom stereocenters. The van der Waals surface area contributed by atoms with Crippen molar-refractivity contribution >= 4 is 93.8 Å². The quantitative estimate of drug-likeness (QED) is 0.0338. The first-order valence-electron chi connectivity index (χ1n) is 16.2. The summed E-state index contributed by atoms with van der Waals surface area (Å²) in [7, 11) is -7.86. The minimum Gasteiger partial charge on any atom is -1.00 e. The topological polar surface area (TPSA) is 252 Å². The summed E-state index contributed by atoms with van der Waals surface area (Å²) >= 11 is 6.22. The molecule has 1 fully saturated rings. The van der Waals surface area contributed by atoms with Gasteiger partial charge in [0.1, 0.15) is 0 Å². The van der Waals surface area contributed by atoms with Gasteiger partial charge in [0, 0.05) is 52.4 Å². The van der Waals surface area contributed by atoms with Gasteiger partial charge in [-0.3, -0.25) is 24.6 Å². The number of nitrogen functional groups attached to an aromatic ring is 1. The number of nitrogens with one attached hydrogen (secondary N) is 4. The fraction of sp³-hybridized carbons (Fsp3) is 0.452. The Bertz CT molecular complexity index is 2050. The van der Waals surface area contributed by atoms with Gasteiger partial charge < -0.3 is 22.6 Å². The van der Waals surface area contributed by atoms with E-state index in [-0.39, 0.29) is 147 Å². The summed E-state index contributed by atoms with van der Waals surface area (Å²) in [6.07, 6.45) is -3.39. The minimum atomic E-state index is -5.07. The van der Waals surface area contributed by atoms with Gasteiger partial charge in [-0.05, 0) is 87.5 Å². The van der Waals surface area contributed by atoms with Crippen molar-refractivity contribution < 1.29 is 154 Å². The van der Waals surface area contributed by atoms with Crippen LogP contribution in [0.3, 0.4) is 0 Å². The molecule has 0 spiro atoms. The Morgan fingerprint density at radius 3 is 1.90 bits per heavy atom. The number of alkyl halides is 3. The SMILES string of the molecule is CCN=C(NS(=O)(=O)c1ccc(N)c(Br)c1)N1CC(C)(C)CN1.CCN=C(NS(=O)(=O)c1ccc(NC(=O)C(F)(F)F)c(Br)c1)N1CC(C)(C)C=N1.O=CO[O-].[H-].[K+].[K+]. The Hall–Kier alpha value is -0.767. The number of carbonyl (C=O) groups excluding carboxylic acids is 2. The fourth-order valence-electron chi connectivity index (χ4n) is 4.45. The van der Waals surface area contributed by atoms with E-state index in [1.165, 1.54) is 17.1 Å². The zero-order valence-electron chi connectivity index (χ0n) is 33.9. The van der Waals surface area contributed by atoms with Crippen LogP contribution < -0.4 is 134 Å². The van der Waals surface area contributed by atoms with Gasteiger partial charge in [-0.15, -0.1) is 0 Å². The molecule has 2 heterocycles.